The molecule has 0 amide bonds. The summed E-state index contributed by atoms with van der Waals surface area (Å²) in [4.78, 5) is 4.94. The van der Waals surface area contributed by atoms with Gasteiger partial charge in [-0.1, -0.05) is 34.1 Å². The Morgan fingerprint density at radius 3 is 2.89 bits per heavy atom. The van der Waals surface area contributed by atoms with Crippen LogP contribution in [0.5, 0.6) is 0 Å². The van der Waals surface area contributed by atoms with Crippen molar-refractivity contribution >= 4 is 15.9 Å². The first-order valence-electron chi connectivity index (χ1n) is 6.70. The molecule has 1 aliphatic heterocycles. The molecule has 1 atom stereocenters. The van der Waals surface area contributed by atoms with Crippen molar-refractivity contribution < 1.29 is 0 Å². The monoisotopic (exact) mass is 310 g/mol. The van der Waals surface area contributed by atoms with Crippen molar-refractivity contribution in [2.24, 2.45) is 0 Å². The van der Waals surface area contributed by atoms with Gasteiger partial charge in [-0.15, -0.1) is 0 Å². The second kappa shape index (κ2) is 6.18. The molecule has 1 fully saturated rings. The van der Waals surface area contributed by atoms with Crippen LogP contribution in [0.25, 0.3) is 0 Å². The SMILES string of the molecule is Cc1cccc(CN2CCCC(N(C)C)C2)c1Br. The van der Waals surface area contributed by atoms with Crippen LogP contribution in [0, 0.1) is 6.92 Å². The highest BCUT2D eigenvalue weighted by molar-refractivity contribution is 9.10. The molecule has 1 aromatic carbocycles. The molecule has 0 aliphatic carbocycles. The van der Waals surface area contributed by atoms with Gasteiger partial charge in [-0.25, -0.2) is 0 Å². The van der Waals surface area contributed by atoms with E-state index in [1.54, 1.807) is 0 Å². The van der Waals surface area contributed by atoms with Gasteiger partial charge in [-0.05, 0) is 51.5 Å². The van der Waals surface area contributed by atoms with Gasteiger partial charge in [0.25, 0.3) is 0 Å². The standard InChI is InChI=1S/C15H23BrN2/c1-12-6-4-7-13(15(12)16)10-18-9-5-8-14(11-18)17(2)3/h4,6-7,14H,5,8-11H2,1-3H3. The van der Waals surface area contributed by atoms with E-state index in [1.165, 1.54) is 41.5 Å². The minimum absolute atomic E-state index is 0.710. The van der Waals surface area contributed by atoms with E-state index in [2.05, 4.69) is 64.9 Å². The lowest BCUT2D eigenvalue weighted by Gasteiger charge is -2.36. The Hall–Kier alpha value is -0.380. The molecule has 0 radical (unpaired) electrons. The van der Waals surface area contributed by atoms with Crippen LogP contribution in [0.4, 0.5) is 0 Å². The lowest BCUT2D eigenvalue weighted by Crippen LogP contribution is -2.44. The van der Waals surface area contributed by atoms with Gasteiger partial charge in [0, 0.05) is 23.6 Å². The summed E-state index contributed by atoms with van der Waals surface area (Å²) in [5.41, 5.74) is 2.74. The third kappa shape index (κ3) is 3.34. The first kappa shape index (κ1) is 14.0. The summed E-state index contributed by atoms with van der Waals surface area (Å²) in [7, 11) is 4.38. The Kier molecular flexibility index (Phi) is 4.82. The maximum absolute atomic E-state index is 3.71. The van der Waals surface area contributed by atoms with Crippen LogP contribution < -0.4 is 0 Å². The summed E-state index contributed by atoms with van der Waals surface area (Å²) >= 11 is 3.71. The van der Waals surface area contributed by atoms with Crippen LogP contribution in [0.2, 0.25) is 0 Å². The number of likely N-dealkylation sites (tertiary alicyclic amines) is 1. The maximum Gasteiger partial charge on any atom is 0.0249 e. The summed E-state index contributed by atoms with van der Waals surface area (Å²) in [5.74, 6) is 0. The van der Waals surface area contributed by atoms with Crippen molar-refractivity contribution in [2.75, 3.05) is 27.2 Å². The molecule has 0 saturated carbocycles. The average molecular weight is 311 g/mol. The predicted octanol–water partition coefficient (Wildman–Crippen LogP) is 3.28. The van der Waals surface area contributed by atoms with Gasteiger partial charge in [0.15, 0.2) is 0 Å². The molecule has 1 heterocycles. The molecule has 18 heavy (non-hydrogen) atoms. The molecule has 0 aromatic heterocycles. The molecule has 100 valence electrons. The van der Waals surface area contributed by atoms with Gasteiger partial charge in [0.2, 0.25) is 0 Å². The Bertz CT molecular complexity index is 403. The highest BCUT2D eigenvalue weighted by Gasteiger charge is 2.21. The second-order valence-electron chi connectivity index (χ2n) is 5.54. The Labute approximate surface area is 119 Å². The van der Waals surface area contributed by atoms with Crippen LogP contribution in [-0.2, 0) is 6.54 Å². The number of halogens is 1. The molecule has 1 saturated heterocycles. The van der Waals surface area contributed by atoms with E-state index >= 15 is 0 Å². The van der Waals surface area contributed by atoms with Crippen LogP contribution in [-0.4, -0.2) is 43.0 Å². The summed E-state index contributed by atoms with van der Waals surface area (Å²) in [6.45, 7) is 5.64. The molecular weight excluding hydrogens is 288 g/mol. The quantitative estimate of drug-likeness (QED) is 0.845. The minimum atomic E-state index is 0.710. The number of nitrogens with zero attached hydrogens (tertiary/aromatic N) is 2. The second-order valence-corrected chi connectivity index (χ2v) is 6.34. The highest BCUT2D eigenvalue weighted by atomic mass is 79.9. The molecule has 0 N–H and O–H groups in total. The van der Waals surface area contributed by atoms with Crippen molar-refractivity contribution in [1.29, 1.82) is 0 Å². The molecule has 0 bridgehead atoms. The number of hydrogen-bond acceptors (Lipinski definition) is 2. The fourth-order valence-corrected chi connectivity index (χ4v) is 3.06. The summed E-state index contributed by atoms with van der Waals surface area (Å²) in [6, 6.07) is 7.26. The van der Waals surface area contributed by atoms with E-state index in [-0.39, 0.29) is 0 Å². The molecule has 1 aliphatic rings. The third-order valence-corrected chi connectivity index (χ3v) is 5.01. The maximum atomic E-state index is 3.71. The van der Waals surface area contributed by atoms with E-state index in [4.69, 9.17) is 0 Å². The number of benzene rings is 1. The molecule has 1 aromatic rings. The minimum Gasteiger partial charge on any atom is -0.305 e. The van der Waals surface area contributed by atoms with Crippen molar-refractivity contribution in [3.63, 3.8) is 0 Å². The third-order valence-electron chi connectivity index (χ3n) is 3.88. The Morgan fingerprint density at radius 2 is 2.17 bits per heavy atom. The van der Waals surface area contributed by atoms with E-state index in [0.29, 0.717) is 6.04 Å². The van der Waals surface area contributed by atoms with Crippen molar-refractivity contribution in [1.82, 2.24) is 9.80 Å². The van der Waals surface area contributed by atoms with Crippen molar-refractivity contribution in [3.8, 4) is 0 Å². The molecule has 2 rings (SSSR count). The number of piperidine rings is 1. The number of aryl methyl sites for hydroxylation is 1. The topological polar surface area (TPSA) is 6.48 Å². The molecule has 2 nitrogen and oxygen atoms in total. The summed E-state index contributed by atoms with van der Waals surface area (Å²) in [6.07, 6.45) is 2.64. The first-order valence-corrected chi connectivity index (χ1v) is 7.50. The molecule has 0 spiro atoms. The average Bonchev–Trinajstić information content (AvgIpc) is 2.35. The van der Waals surface area contributed by atoms with E-state index in [9.17, 15) is 0 Å². The van der Waals surface area contributed by atoms with Crippen molar-refractivity contribution in [3.05, 3.63) is 33.8 Å². The molecule has 1 unspecified atom stereocenters. The smallest absolute Gasteiger partial charge is 0.0249 e. The Morgan fingerprint density at radius 1 is 1.39 bits per heavy atom. The number of likely N-dealkylation sites (N-methyl/N-ethyl adjacent to an activating group) is 1. The van der Waals surface area contributed by atoms with E-state index in [0.717, 1.165) is 6.54 Å². The van der Waals surface area contributed by atoms with E-state index in [1.807, 2.05) is 0 Å². The zero-order valence-corrected chi connectivity index (χ0v) is 13.2. The van der Waals surface area contributed by atoms with Gasteiger partial charge >= 0.3 is 0 Å². The van der Waals surface area contributed by atoms with Gasteiger partial charge in [0.1, 0.15) is 0 Å². The number of hydrogen-bond donors (Lipinski definition) is 0. The summed E-state index contributed by atoms with van der Waals surface area (Å²) < 4.78 is 1.27. The fourth-order valence-electron chi connectivity index (χ4n) is 2.67. The van der Waals surface area contributed by atoms with Crippen LogP contribution in [0.1, 0.15) is 24.0 Å². The Balaban J connectivity index is 2.03. The lowest BCUT2D eigenvalue weighted by molar-refractivity contribution is 0.127. The van der Waals surface area contributed by atoms with E-state index < -0.39 is 0 Å². The predicted molar refractivity (Wildman–Crippen MR) is 80.9 cm³/mol. The van der Waals surface area contributed by atoms with Gasteiger partial charge in [0.05, 0.1) is 0 Å². The molecular formula is C15H23BrN2. The zero-order chi connectivity index (χ0) is 13.1. The van der Waals surface area contributed by atoms with Gasteiger partial charge in [-0.2, -0.15) is 0 Å². The van der Waals surface area contributed by atoms with Crippen LogP contribution >= 0.6 is 15.9 Å². The van der Waals surface area contributed by atoms with Crippen molar-refractivity contribution in [2.45, 2.75) is 32.4 Å². The largest absolute Gasteiger partial charge is 0.305 e. The first-order chi connectivity index (χ1) is 8.58. The molecule has 3 heteroatoms. The normalized spacial score (nSPS) is 21.5. The van der Waals surface area contributed by atoms with Gasteiger partial charge < -0.3 is 4.90 Å². The number of rotatable bonds is 3. The fraction of sp³-hybridized carbons (Fsp3) is 0.600. The van der Waals surface area contributed by atoms with Crippen LogP contribution in [0.15, 0.2) is 22.7 Å². The van der Waals surface area contributed by atoms with Gasteiger partial charge in [-0.3, -0.25) is 4.90 Å². The lowest BCUT2D eigenvalue weighted by atomic mass is 10.0. The zero-order valence-electron chi connectivity index (χ0n) is 11.6. The van der Waals surface area contributed by atoms with Crippen LogP contribution in [0.3, 0.4) is 0 Å². The highest BCUT2D eigenvalue weighted by Crippen LogP contribution is 2.24. The summed E-state index contributed by atoms with van der Waals surface area (Å²) in [5, 5.41) is 0.